The molecular formula is C10H17NO. The van der Waals surface area contributed by atoms with E-state index >= 15 is 0 Å². The lowest BCUT2D eigenvalue weighted by Gasteiger charge is -2.32. The van der Waals surface area contributed by atoms with Gasteiger partial charge in [0.15, 0.2) is 0 Å². The molecule has 0 unspecified atom stereocenters. The minimum atomic E-state index is 0.159. The molecule has 68 valence electrons. The number of carbonyl (C=O) groups is 1. The van der Waals surface area contributed by atoms with Gasteiger partial charge in [0, 0.05) is 12.1 Å². The summed E-state index contributed by atoms with van der Waals surface area (Å²) in [5.41, 5.74) is 0.769. The summed E-state index contributed by atoms with van der Waals surface area (Å²) in [7, 11) is 0. The molecule has 0 aliphatic carbocycles. The molecule has 0 aromatic carbocycles. The number of carbonyl (C=O) groups excluding carboxylic acids is 1. The monoisotopic (exact) mass is 167 g/mol. The number of β-lactam (4-membered cyclic amide) rings is 1. The third kappa shape index (κ3) is 2.10. The average molecular weight is 167 g/mol. The van der Waals surface area contributed by atoms with Gasteiger partial charge in [-0.3, -0.25) is 4.79 Å². The van der Waals surface area contributed by atoms with E-state index < -0.39 is 0 Å². The molecule has 0 aromatic rings. The molecule has 1 aliphatic rings. The molecule has 12 heavy (non-hydrogen) atoms. The van der Waals surface area contributed by atoms with Gasteiger partial charge in [0.1, 0.15) is 0 Å². The minimum absolute atomic E-state index is 0.159. The first-order chi connectivity index (χ1) is 5.75. The van der Waals surface area contributed by atoms with Crippen LogP contribution in [0.4, 0.5) is 0 Å². The van der Waals surface area contributed by atoms with Gasteiger partial charge in [-0.1, -0.05) is 32.8 Å². The summed E-state index contributed by atoms with van der Waals surface area (Å²) in [4.78, 5) is 12.9. The van der Waals surface area contributed by atoms with Crippen molar-refractivity contribution in [1.29, 1.82) is 0 Å². The first-order valence-electron chi connectivity index (χ1n) is 4.72. The fourth-order valence-electron chi connectivity index (χ4n) is 1.41. The van der Waals surface area contributed by atoms with Gasteiger partial charge in [0.25, 0.3) is 5.91 Å². The van der Waals surface area contributed by atoms with Crippen molar-refractivity contribution in [2.24, 2.45) is 0 Å². The van der Waals surface area contributed by atoms with Crippen LogP contribution in [0.1, 0.15) is 32.6 Å². The smallest absolute Gasteiger partial charge is 0.251 e. The van der Waals surface area contributed by atoms with Crippen molar-refractivity contribution >= 4 is 5.91 Å². The predicted octanol–water partition coefficient (Wildman–Crippen LogP) is 1.97. The number of hydrogen-bond donors (Lipinski definition) is 0. The summed E-state index contributed by atoms with van der Waals surface area (Å²) in [5, 5.41) is 0. The van der Waals surface area contributed by atoms with E-state index in [0.717, 1.165) is 25.1 Å². The minimum Gasteiger partial charge on any atom is -0.334 e. The van der Waals surface area contributed by atoms with E-state index in [4.69, 9.17) is 0 Å². The van der Waals surface area contributed by atoms with Gasteiger partial charge in [-0.05, 0) is 6.42 Å². The number of nitrogens with zero attached hydrogens (tertiary/aromatic N) is 1. The Morgan fingerprint density at radius 1 is 1.42 bits per heavy atom. The van der Waals surface area contributed by atoms with Crippen LogP contribution in [0.25, 0.3) is 0 Å². The summed E-state index contributed by atoms with van der Waals surface area (Å²) in [5.74, 6) is 0.159. The van der Waals surface area contributed by atoms with Crippen molar-refractivity contribution in [3.8, 4) is 0 Å². The number of unbranched alkanes of at least 4 members (excludes halogenated alkanes) is 3. The number of likely N-dealkylation sites (tertiary alicyclic amines) is 1. The van der Waals surface area contributed by atoms with E-state index in [0.29, 0.717) is 0 Å². The maximum atomic E-state index is 11.1. The summed E-state index contributed by atoms with van der Waals surface area (Å²) in [6.45, 7) is 7.56. The molecule has 1 heterocycles. The van der Waals surface area contributed by atoms with Gasteiger partial charge in [-0.2, -0.15) is 0 Å². The molecule has 2 nitrogen and oxygen atoms in total. The van der Waals surface area contributed by atoms with Crippen molar-refractivity contribution in [2.75, 3.05) is 13.1 Å². The van der Waals surface area contributed by atoms with E-state index in [9.17, 15) is 4.79 Å². The lowest BCUT2D eigenvalue weighted by atomic mass is 10.1. The fourth-order valence-corrected chi connectivity index (χ4v) is 1.41. The van der Waals surface area contributed by atoms with Crippen molar-refractivity contribution < 1.29 is 4.79 Å². The Labute approximate surface area is 74.2 Å². The van der Waals surface area contributed by atoms with E-state index in [1.165, 1.54) is 19.3 Å². The van der Waals surface area contributed by atoms with Crippen LogP contribution in [0.3, 0.4) is 0 Å². The number of rotatable bonds is 5. The summed E-state index contributed by atoms with van der Waals surface area (Å²) in [6.07, 6.45) is 4.92. The highest BCUT2D eigenvalue weighted by atomic mass is 16.2. The maximum absolute atomic E-state index is 11.1. The third-order valence-electron chi connectivity index (χ3n) is 2.25. The standard InChI is InChI=1S/C10H17NO/c1-3-4-5-6-7-11-8-9(2)10(11)12/h2-8H2,1H3. The van der Waals surface area contributed by atoms with Crippen LogP contribution in [0.5, 0.6) is 0 Å². The highest BCUT2D eigenvalue weighted by molar-refractivity contribution is 5.99. The molecular weight excluding hydrogens is 150 g/mol. The Bertz CT molecular complexity index is 186. The van der Waals surface area contributed by atoms with Crippen molar-refractivity contribution in [2.45, 2.75) is 32.6 Å². The highest BCUT2D eigenvalue weighted by Gasteiger charge is 2.27. The zero-order valence-electron chi connectivity index (χ0n) is 7.81. The van der Waals surface area contributed by atoms with Crippen LogP contribution in [0.15, 0.2) is 12.2 Å². The molecule has 1 amide bonds. The topological polar surface area (TPSA) is 20.3 Å². The summed E-state index contributed by atoms with van der Waals surface area (Å²) in [6, 6.07) is 0. The Balaban J connectivity index is 2.02. The second kappa shape index (κ2) is 4.29. The van der Waals surface area contributed by atoms with E-state index in [-0.39, 0.29) is 5.91 Å². The second-order valence-corrected chi connectivity index (χ2v) is 3.39. The van der Waals surface area contributed by atoms with Gasteiger partial charge in [0.2, 0.25) is 0 Å². The lowest BCUT2D eigenvalue weighted by Crippen LogP contribution is -2.45. The van der Waals surface area contributed by atoms with E-state index in [2.05, 4.69) is 13.5 Å². The molecule has 1 saturated heterocycles. The van der Waals surface area contributed by atoms with Crippen LogP contribution in [0, 0.1) is 0 Å². The summed E-state index contributed by atoms with van der Waals surface area (Å²) < 4.78 is 0. The molecule has 0 atom stereocenters. The zero-order valence-corrected chi connectivity index (χ0v) is 7.81. The van der Waals surface area contributed by atoms with Crippen molar-refractivity contribution in [1.82, 2.24) is 4.90 Å². The molecule has 1 fully saturated rings. The first kappa shape index (κ1) is 9.30. The Morgan fingerprint density at radius 2 is 2.17 bits per heavy atom. The van der Waals surface area contributed by atoms with Gasteiger partial charge in [-0.25, -0.2) is 0 Å². The molecule has 0 aromatic heterocycles. The summed E-state index contributed by atoms with van der Waals surface area (Å²) >= 11 is 0. The Kier molecular flexibility index (Phi) is 3.32. The highest BCUT2D eigenvalue weighted by Crippen LogP contribution is 2.15. The molecule has 2 heteroatoms. The van der Waals surface area contributed by atoms with Crippen LogP contribution in [0.2, 0.25) is 0 Å². The average Bonchev–Trinajstić information content (AvgIpc) is 2.10. The Hall–Kier alpha value is -0.790. The normalized spacial score (nSPS) is 16.6. The first-order valence-corrected chi connectivity index (χ1v) is 4.72. The second-order valence-electron chi connectivity index (χ2n) is 3.39. The van der Waals surface area contributed by atoms with Crippen LogP contribution in [-0.4, -0.2) is 23.9 Å². The van der Waals surface area contributed by atoms with Crippen LogP contribution < -0.4 is 0 Å². The molecule has 0 saturated carbocycles. The van der Waals surface area contributed by atoms with Crippen molar-refractivity contribution in [3.63, 3.8) is 0 Å². The number of hydrogen-bond acceptors (Lipinski definition) is 1. The zero-order chi connectivity index (χ0) is 8.97. The van der Waals surface area contributed by atoms with Gasteiger partial charge in [0.05, 0.1) is 6.54 Å². The van der Waals surface area contributed by atoms with Crippen LogP contribution in [-0.2, 0) is 4.79 Å². The molecule has 1 rings (SSSR count). The quantitative estimate of drug-likeness (QED) is 0.348. The third-order valence-corrected chi connectivity index (χ3v) is 2.25. The van der Waals surface area contributed by atoms with Gasteiger partial charge in [-0.15, -0.1) is 0 Å². The largest absolute Gasteiger partial charge is 0.334 e. The predicted molar refractivity (Wildman–Crippen MR) is 49.9 cm³/mol. The van der Waals surface area contributed by atoms with Crippen LogP contribution >= 0.6 is 0 Å². The molecule has 0 spiro atoms. The number of amides is 1. The van der Waals surface area contributed by atoms with Gasteiger partial charge >= 0.3 is 0 Å². The van der Waals surface area contributed by atoms with Gasteiger partial charge < -0.3 is 4.90 Å². The molecule has 0 radical (unpaired) electrons. The maximum Gasteiger partial charge on any atom is 0.251 e. The van der Waals surface area contributed by atoms with E-state index in [1.807, 2.05) is 4.90 Å². The molecule has 0 N–H and O–H groups in total. The van der Waals surface area contributed by atoms with Crippen molar-refractivity contribution in [3.05, 3.63) is 12.2 Å². The molecule has 1 aliphatic heterocycles. The fraction of sp³-hybridized carbons (Fsp3) is 0.700. The molecule has 0 bridgehead atoms. The lowest BCUT2D eigenvalue weighted by molar-refractivity contribution is -0.132. The van der Waals surface area contributed by atoms with E-state index in [1.54, 1.807) is 0 Å². The Morgan fingerprint density at radius 3 is 2.67 bits per heavy atom. The SMILES string of the molecule is C=C1CN(CCCCCC)C1=O.